The van der Waals surface area contributed by atoms with Crippen LogP contribution in [0, 0.1) is 0 Å². The lowest BCUT2D eigenvalue weighted by molar-refractivity contribution is 0.112. The minimum absolute atomic E-state index is 0.167. The molecule has 6 heteroatoms. The van der Waals surface area contributed by atoms with E-state index < -0.39 is 0 Å². The number of ether oxygens (including phenoxy) is 1. The van der Waals surface area contributed by atoms with E-state index in [2.05, 4.69) is 20.8 Å². The van der Waals surface area contributed by atoms with Gasteiger partial charge in [-0.2, -0.15) is 5.10 Å². The number of H-pyrrole nitrogens is 1. The third-order valence-corrected chi connectivity index (χ3v) is 2.27. The third kappa shape index (κ3) is 2.95. The van der Waals surface area contributed by atoms with Crippen LogP contribution in [0.5, 0.6) is 0 Å². The van der Waals surface area contributed by atoms with Gasteiger partial charge in [0.15, 0.2) is 0 Å². The first-order valence-corrected chi connectivity index (χ1v) is 5.00. The molecule has 0 aromatic carbocycles. The van der Waals surface area contributed by atoms with Gasteiger partial charge in [0.05, 0.1) is 18.0 Å². The Bertz CT molecular complexity index is 306. The lowest BCUT2D eigenvalue weighted by Gasteiger charge is -2.10. The highest BCUT2D eigenvalue weighted by atomic mass is 16.5. The van der Waals surface area contributed by atoms with E-state index in [0.717, 1.165) is 19.4 Å². The summed E-state index contributed by atoms with van der Waals surface area (Å²) in [6.45, 7) is 1.36. The molecule has 2 rings (SSSR count). The molecule has 1 saturated heterocycles. The Kier molecular flexibility index (Phi) is 3.18. The first kappa shape index (κ1) is 9.97. The summed E-state index contributed by atoms with van der Waals surface area (Å²) in [4.78, 5) is 11.3. The van der Waals surface area contributed by atoms with Crippen LogP contribution in [0.15, 0.2) is 12.4 Å². The van der Waals surface area contributed by atoms with E-state index in [0.29, 0.717) is 12.2 Å². The number of carbonyl (C=O) groups excluding carboxylic acids is 1. The van der Waals surface area contributed by atoms with Crippen LogP contribution in [0.25, 0.3) is 0 Å². The molecule has 1 atom stereocenters. The Morgan fingerprint density at radius 1 is 1.73 bits per heavy atom. The Morgan fingerprint density at radius 3 is 3.33 bits per heavy atom. The van der Waals surface area contributed by atoms with E-state index in [1.165, 1.54) is 0 Å². The summed E-state index contributed by atoms with van der Waals surface area (Å²) >= 11 is 0. The van der Waals surface area contributed by atoms with E-state index in [1.54, 1.807) is 12.4 Å². The topological polar surface area (TPSA) is 79.0 Å². The van der Waals surface area contributed by atoms with Crippen LogP contribution in [0.1, 0.15) is 12.8 Å². The molecule has 1 aromatic heterocycles. The number of nitrogens with one attached hydrogen (secondary N) is 3. The van der Waals surface area contributed by atoms with Gasteiger partial charge < -0.3 is 15.4 Å². The van der Waals surface area contributed by atoms with Gasteiger partial charge in [0, 0.05) is 19.3 Å². The normalized spacial score (nSPS) is 20.1. The minimum Gasteiger partial charge on any atom is -0.376 e. The summed E-state index contributed by atoms with van der Waals surface area (Å²) in [7, 11) is 0. The van der Waals surface area contributed by atoms with Gasteiger partial charge in [-0.25, -0.2) is 4.79 Å². The molecule has 1 aromatic rings. The predicted molar refractivity (Wildman–Crippen MR) is 54.6 cm³/mol. The monoisotopic (exact) mass is 210 g/mol. The second kappa shape index (κ2) is 4.79. The van der Waals surface area contributed by atoms with Crippen molar-refractivity contribution in [3.8, 4) is 0 Å². The Hall–Kier alpha value is -1.56. The maximum atomic E-state index is 11.3. The van der Waals surface area contributed by atoms with Crippen LogP contribution in [-0.4, -0.2) is 35.5 Å². The van der Waals surface area contributed by atoms with Crippen LogP contribution in [-0.2, 0) is 4.74 Å². The van der Waals surface area contributed by atoms with E-state index in [9.17, 15) is 4.79 Å². The fourth-order valence-corrected chi connectivity index (χ4v) is 1.51. The molecule has 1 aliphatic rings. The number of hydrogen-bond donors (Lipinski definition) is 3. The molecule has 0 saturated carbocycles. The number of urea groups is 1. The molecule has 0 aliphatic carbocycles. The highest BCUT2D eigenvalue weighted by Gasteiger charge is 2.15. The molecule has 2 amide bonds. The Labute approximate surface area is 87.4 Å². The van der Waals surface area contributed by atoms with Crippen molar-refractivity contribution in [3.63, 3.8) is 0 Å². The Balaban J connectivity index is 1.68. The second-order valence-corrected chi connectivity index (χ2v) is 3.46. The van der Waals surface area contributed by atoms with Crippen LogP contribution >= 0.6 is 0 Å². The van der Waals surface area contributed by atoms with Gasteiger partial charge in [0.1, 0.15) is 0 Å². The molecule has 15 heavy (non-hydrogen) atoms. The molecule has 0 unspecified atom stereocenters. The first-order chi connectivity index (χ1) is 7.34. The van der Waals surface area contributed by atoms with Crippen LogP contribution in [0.4, 0.5) is 10.5 Å². The van der Waals surface area contributed by atoms with Gasteiger partial charge in [0.2, 0.25) is 0 Å². The van der Waals surface area contributed by atoms with Gasteiger partial charge in [-0.15, -0.1) is 0 Å². The Morgan fingerprint density at radius 2 is 2.67 bits per heavy atom. The standard InChI is InChI=1S/C9H14N4O2/c14-9(13-7-4-11-12-5-7)10-6-8-2-1-3-15-8/h4-5,8H,1-3,6H2,(H,11,12)(H2,10,13,14)/t8-/m1/s1. The molecule has 3 N–H and O–H groups in total. The largest absolute Gasteiger partial charge is 0.376 e. The van der Waals surface area contributed by atoms with Gasteiger partial charge in [-0.1, -0.05) is 0 Å². The summed E-state index contributed by atoms with van der Waals surface area (Å²) < 4.78 is 5.38. The van der Waals surface area contributed by atoms with Crippen molar-refractivity contribution >= 4 is 11.7 Å². The molecule has 0 bridgehead atoms. The maximum Gasteiger partial charge on any atom is 0.319 e. The fourth-order valence-electron chi connectivity index (χ4n) is 1.51. The number of aromatic nitrogens is 2. The van der Waals surface area contributed by atoms with Gasteiger partial charge in [-0.05, 0) is 12.8 Å². The van der Waals surface area contributed by atoms with E-state index in [1.807, 2.05) is 0 Å². The smallest absolute Gasteiger partial charge is 0.319 e. The fraction of sp³-hybridized carbons (Fsp3) is 0.556. The number of nitrogens with zero attached hydrogens (tertiary/aromatic N) is 1. The quantitative estimate of drug-likeness (QED) is 0.687. The van der Waals surface area contributed by atoms with Crippen LogP contribution in [0.2, 0.25) is 0 Å². The number of aromatic amines is 1. The minimum atomic E-state index is -0.230. The zero-order chi connectivity index (χ0) is 10.5. The number of carbonyl (C=O) groups is 1. The number of hydrogen-bond acceptors (Lipinski definition) is 3. The number of rotatable bonds is 3. The highest BCUT2D eigenvalue weighted by Crippen LogP contribution is 2.10. The molecule has 6 nitrogen and oxygen atoms in total. The predicted octanol–water partition coefficient (Wildman–Crippen LogP) is 0.710. The molecular formula is C9H14N4O2. The molecule has 1 aliphatic heterocycles. The second-order valence-electron chi connectivity index (χ2n) is 3.46. The number of anilines is 1. The van der Waals surface area contributed by atoms with Crippen molar-refractivity contribution < 1.29 is 9.53 Å². The number of amides is 2. The average Bonchev–Trinajstić information content (AvgIpc) is 2.86. The molecular weight excluding hydrogens is 196 g/mol. The summed E-state index contributed by atoms with van der Waals surface area (Å²) in [6.07, 6.45) is 5.43. The summed E-state index contributed by atoms with van der Waals surface area (Å²) in [6, 6.07) is -0.230. The summed E-state index contributed by atoms with van der Waals surface area (Å²) in [5.41, 5.74) is 0.653. The third-order valence-electron chi connectivity index (χ3n) is 2.27. The molecule has 2 heterocycles. The molecule has 1 fully saturated rings. The first-order valence-electron chi connectivity index (χ1n) is 5.00. The van der Waals surface area contributed by atoms with Gasteiger partial charge in [-0.3, -0.25) is 5.10 Å². The molecule has 82 valence electrons. The zero-order valence-electron chi connectivity index (χ0n) is 8.32. The van der Waals surface area contributed by atoms with Crippen molar-refractivity contribution in [2.75, 3.05) is 18.5 Å². The van der Waals surface area contributed by atoms with Gasteiger partial charge in [0.25, 0.3) is 0 Å². The molecule has 0 spiro atoms. The highest BCUT2D eigenvalue weighted by molar-refractivity contribution is 5.88. The lowest BCUT2D eigenvalue weighted by Crippen LogP contribution is -2.34. The summed E-state index contributed by atoms with van der Waals surface area (Å²) in [5, 5.41) is 11.7. The SMILES string of the molecule is O=C(NC[C@H]1CCCO1)Nc1cn[nH]c1. The summed E-state index contributed by atoms with van der Waals surface area (Å²) in [5.74, 6) is 0. The van der Waals surface area contributed by atoms with E-state index in [-0.39, 0.29) is 12.1 Å². The van der Waals surface area contributed by atoms with Crippen LogP contribution in [0.3, 0.4) is 0 Å². The van der Waals surface area contributed by atoms with Crippen molar-refractivity contribution in [2.24, 2.45) is 0 Å². The maximum absolute atomic E-state index is 11.3. The average molecular weight is 210 g/mol. The van der Waals surface area contributed by atoms with E-state index >= 15 is 0 Å². The lowest BCUT2D eigenvalue weighted by atomic mass is 10.2. The van der Waals surface area contributed by atoms with Gasteiger partial charge >= 0.3 is 6.03 Å². The molecule has 0 radical (unpaired) electrons. The zero-order valence-corrected chi connectivity index (χ0v) is 8.32. The van der Waals surface area contributed by atoms with Crippen molar-refractivity contribution in [3.05, 3.63) is 12.4 Å². The van der Waals surface area contributed by atoms with Crippen molar-refractivity contribution in [1.82, 2.24) is 15.5 Å². The van der Waals surface area contributed by atoms with E-state index in [4.69, 9.17) is 4.74 Å². The van der Waals surface area contributed by atoms with Crippen molar-refractivity contribution in [2.45, 2.75) is 18.9 Å². The van der Waals surface area contributed by atoms with Crippen molar-refractivity contribution in [1.29, 1.82) is 0 Å². The van der Waals surface area contributed by atoms with Crippen LogP contribution < -0.4 is 10.6 Å².